The Labute approximate surface area is 91.2 Å². The standard InChI is InChI=1S/C5H10N6O4S/c1-2-8-5-9-3(6)11(4(7)10-5)15-16(12,13)14/h2H2,1H3,(H5,6,7,8,9,10,12,13,14)/p+1. The van der Waals surface area contributed by atoms with Gasteiger partial charge in [0.2, 0.25) is 0 Å². The number of hydrogen-bond acceptors (Lipinski definition) is 8. The highest BCUT2D eigenvalue weighted by Gasteiger charge is 2.21. The maximum absolute atomic E-state index is 10.4. The summed E-state index contributed by atoms with van der Waals surface area (Å²) < 4.78 is 33.8. The van der Waals surface area contributed by atoms with Gasteiger partial charge in [-0.15, -0.1) is 0 Å². The van der Waals surface area contributed by atoms with E-state index in [4.69, 9.17) is 16.0 Å². The van der Waals surface area contributed by atoms with Gasteiger partial charge < -0.3 is 16.8 Å². The molecule has 0 fully saturated rings. The van der Waals surface area contributed by atoms with E-state index >= 15 is 0 Å². The Kier molecular flexibility index (Phi) is 3.29. The molecule has 0 aromatic carbocycles. The predicted octanol–water partition coefficient (Wildman–Crippen LogP) is -2.41. The first-order valence-corrected chi connectivity index (χ1v) is 5.46. The van der Waals surface area contributed by atoms with Gasteiger partial charge in [0.1, 0.15) is 0 Å². The summed E-state index contributed by atoms with van der Waals surface area (Å²) >= 11 is 0. The van der Waals surface area contributed by atoms with Crippen LogP contribution in [0.4, 0.5) is 17.8 Å². The molecule has 1 rings (SSSR count). The van der Waals surface area contributed by atoms with Crippen LogP contribution in [0.1, 0.15) is 6.92 Å². The zero-order chi connectivity index (χ0) is 12.3. The molecule has 0 saturated heterocycles. The lowest BCUT2D eigenvalue weighted by molar-refractivity contribution is -0.836. The third-order valence-electron chi connectivity index (χ3n) is 1.36. The number of nitrogens with two attached hydrogens (primary N) is 2. The van der Waals surface area contributed by atoms with E-state index in [-0.39, 0.29) is 17.8 Å². The van der Waals surface area contributed by atoms with Crippen molar-refractivity contribution in [3.05, 3.63) is 0 Å². The number of nitrogen functional groups attached to an aromatic ring is 2. The Morgan fingerprint density at radius 2 is 1.94 bits per heavy atom. The highest BCUT2D eigenvalue weighted by Crippen LogP contribution is 2.01. The number of aromatic nitrogens is 3. The van der Waals surface area contributed by atoms with Crippen LogP contribution in [0, 0.1) is 0 Å². The summed E-state index contributed by atoms with van der Waals surface area (Å²) in [6.07, 6.45) is 0. The number of nitrogens with one attached hydrogen (secondary N) is 1. The SMILES string of the molecule is CCNc1nc(N)[n+](OS(=O)(=O)O)c(N)n1. The molecule has 90 valence electrons. The highest BCUT2D eigenvalue weighted by molar-refractivity contribution is 7.80. The minimum atomic E-state index is -4.74. The summed E-state index contributed by atoms with van der Waals surface area (Å²) in [6.45, 7) is 2.33. The third-order valence-corrected chi connectivity index (χ3v) is 1.70. The normalized spacial score (nSPS) is 11.1. The van der Waals surface area contributed by atoms with Crippen molar-refractivity contribution in [2.75, 3.05) is 23.3 Å². The molecule has 0 atom stereocenters. The van der Waals surface area contributed by atoms with Gasteiger partial charge in [-0.05, 0) is 11.7 Å². The highest BCUT2D eigenvalue weighted by atomic mass is 32.3. The van der Waals surface area contributed by atoms with Crippen LogP contribution in [0.5, 0.6) is 0 Å². The van der Waals surface area contributed by atoms with Crippen LogP contribution >= 0.6 is 0 Å². The van der Waals surface area contributed by atoms with Gasteiger partial charge in [0, 0.05) is 6.54 Å². The molecule has 0 unspecified atom stereocenters. The fourth-order valence-electron chi connectivity index (χ4n) is 0.858. The monoisotopic (exact) mass is 251 g/mol. The Morgan fingerprint density at radius 3 is 2.31 bits per heavy atom. The first-order chi connectivity index (χ1) is 7.33. The van der Waals surface area contributed by atoms with Gasteiger partial charge in [-0.3, -0.25) is 4.55 Å². The van der Waals surface area contributed by atoms with Crippen LogP contribution in [0.3, 0.4) is 0 Å². The minimum Gasteiger partial charge on any atom is -0.338 e. The van der Waals surface area contributed by atoms with Gasteiger partial charge in [-0.1, -0.05) is 9.97 Å². The minimum absolute atomic E-state index is 0.118. The van der Waals surface area contributed by atoms with E-state index in [9.17, 15) is 8.42 Å². The van der Waals surface area contributed by atoms with Crippen LogP contribution in [0.15, 0.2) is 0 Å². The number of nitrogens with zero attached hydrogens (tertiary/aromatic N) is 3. The molecule has 0 radical (unpaired) electrons. The first-order valence-electron chi connectivity index (χ1n) is 4.09. The van der Waals surface area contributed by atoms with E-state index in [1.807, 2.05) is 0 Å². The summed E-state index contributed by atoms with van der Waals surface area (Å²) in [5.74, 6) is -0.630. The third kappa shape index (κ3) is 3.06. The van der Waals surface area contributed by atoms with E-state index in [2.05, 4.69) is 19.6 Å². The number of hydrogen-bond donors (Lipinski definition) is 4. The average molecular weight is 251 g/mol. The lowest BCUT2D eigenvalue weighted by Crippen LogP contribution is -2.51. The summed E-state index contributed by atoms with van der Waals surface area (Å²) in [4.78, 5) is 7.29. The van der Waals surface area contributed by atoms with Gasteiger partial charge in [-0.25, -0.2) is 4.28 Å². The smallest absolute Gasteiger partial charge is 0.338 e. The first kappa shape index (κ1) is 12.2. The lowest BCUT2D eigenvalue weighted by atomic mass is 10.7. The van der Waals surface area contributed by atoms with Crippen LogP contribution in [0.25, 0.3) is 0 Å². The zero-order valence-electron chi connectivity index (χ0n) is 8.28. The van der Waals surface area contributed by atoms with Crippen molar-refractivity contribution >= 4 is 28.2 Å². The Bertz CT molecular complexity index is 465. The van der Waals surface area contributed by atoms with Crippen molar-refractivity contribution in [1.29, 1.82) is 0 Å². The average Bonchev–Trinajstić information content (AvgIpc) is 2.10. The van der Waals surface area contributed by atoms with Gasteiger partial charge >= 0.3 is 28.2 Å². The molecule has 0 aliphatic heterocycles. The molecule has 11 heteroatoms. The zero-order valence-corrected chi connectivity index (χ0v) is 9.10. The Balaban J connectivity index is 3.12. The van der Waals surface area contributed by atoms with Crippen molar-refractivity contribution in [2.45, 2.75) is 6.92 Å². The molecule has 0 aliphatic rings. The van der Waals surface area contributed by atoms with Crippen LogP contribution in [-0.4, -0.2) is 29.5 Å². The van der Waals surface area contributed by atoms with Gasteiger partial charge in [0.05, 0.1) is 0 Å². The van der Waals surface area contributed by atoms with E-state index in [1.165, 1.54) is 0 Å². The maximum atomic E-state index is 10.4. The largest absolute Gasteiger partial charge is 0.472 e. The molecule has 0 amide bonds. The predicted molar refractivity (Wildman–Crippen MR) is 53.3 cm³/mol. The van der Waals surface area contributed by atoms with Gasteiger partial charge in [0.15, 0.2) is 0 Å². The second-order valence-corrected chi connectivity index (χ2v) is 3.60. The van der Waals surface area contributed by atoms with E-state index < -0.39 is 10.4 Å². The second kappa shape index (κ2) is 4.32. The molecule has 0 aliphatic carbocycles. The summed E-state index contributed by atoms with van der Waals surface area (Å²) in [7, 11) is -4.74. The molecule has 1 aromatic rings. The van der Waals surface area contributed by atoms with Crippen LogP contribution < -0.4 is 25.8 Å². The Hall–Kier alpha value is -1.88. The van der Waals surface area contributed by atoms with Crippen LogP contribution in [0.2, 0.25) is 0 Å². The lowest BCUT2D eigenvalue weighted by Gasteiger charge is -2.04. The molecule has 6 N–H and O–H groups in total. The van der Waals surface area contributed by atoms with E-state index in [1.54, 1.807) is 6.92 Å². The van der Waals surface area contributed by atoms with Crippen LogP contribution in [-0.2, 0) is 10.4 Å². The quantitative estimate of drug-likeness (QED) is 0.338. The number of anilines is 3. The van der Waals surface area contributed by atoms with Crippen molar-refractivity contribution in [3.8, 4) is 0 Å². The molecule has 1 aromatic heterocycles. The fourth-order valence-corrected chi connectivity index (χ4v) is 1.20. The fraction of sp³-hybridized carbons (Fsp3) is 0.400. The number of rotatable bonds is 4. The molecule has 0 saturated carbocycles. The molecule has 0 spiro atoms. The summed E-state index contributed by atoms with van der Waals surface area (Å²) in [5, 5.41) is 2.72. The molecule has 10 nitrogen and oxygen atoms in total. The van der Waals surface area contributed by atoms with Gasteiger partial charge in [-0.2, -0.15) is 8.42 Å². The second-order valence-electron chi connectivity index (χ2n) is 2.59. The summed E-state index contributed by atoms with van der Waals surface area (Å²) in [6, 6.07) is 0. The van der Waals surface area contributed by atoms with Crippen molar-refractivity contribution in [3.63, 3.8) is 0 Å². The molecular weight excluding hydrogens is 240 g/mol. The maximum Gasteiger partial charge on any atom is 0.472 e. The van der Waals surface area contributed by atoms with Crippen molar-refractivity contribution < 1.29 is 22.0 Å². The van der Waals surface area contributed by atoms with E-state index in [0.29, 0.717) is 11.3 Å². The molecule has 0 bridgehead atoms. The molecular formula is C5H11N6O4S+. The topological polar surface area (TPSA) is 157 Å². The van der Waals surface area contributed by atoms with Crippen molar-refractivity contribution in [1.82, 2.24) is 9.97 Å². The Morgan fingerprint density at radius 1 is 1.44 bits per heavy atom. The van der Waals surface area contributed by atoms with E-state index in [0.717, 1.165) is 0 Å². The van der Waals surface area contributed by atoms with Crippen molar-refractivity contribution in [2.24, 2.45) is 0 Å². The summed E-state index contributed by atoms with van der Waals surface area (Å²) in [5.41, 5.74) is 10.7. The molecule has 1 heterocycles. The van der Waals surface area contributed by atoms with Gasteiger partial charge in [0.25, 0.3) is 0 Å². The molecule has 16 heavy (non-hydrogen) atoms.